The van der Waals surface area contributed by atoms with Crippen molar-refractivity contribution in [1.29, 1.82) is 0 Å². The third-order valence-corrected chi connectivity index (χ3v) is 4.41. The fourth-order valence-corrected chi connectivity index (χ4v) is 2.98. The van der Waals surface area contributed by atoms with Gasteiger partial charge in [0.25, 0.3) is 5.56 Å². The summed E-state index contributed by atoms with van der Waals surface area (Å²) in [6.07, 6.45) is 3.31. The monoisotopic (exact) mass is 356 g/mol. The van der Waals surface area contributed by atoms with E-state index in [2.05, 4.69) is 4.98 Å². The first-order chi connectivity index (χ1) is 13.1. The second-order valence-corrected chi connectivity index (χ2v) is 6.32. The zero-order valence-electron chi connectivity index (χ0n) is 14.8. The van der Waals surface area contributed by atoms with Crippen molar-refractivity contribution in [3.05, 3.63) is 106 Å². The molecule has 3 aromatic carbocycles. The molecule has 0 aliphatic heterocycles. The maximum atomic E-state index is 14.0. The van der Waals surface area contributed by atoms with Crippen LogP contribution >= 0.6 is 0 Å². The molecule has 132 valence electrons. The van der Waals surface area contributed by atoms with Gasteiger partial charge >= 0.3 is 0 Å². The first kappa shape index (κ1) is 16.9. The van der Waals surface area contributed by atoms with Crippen LogP contribution in [0.5, 0.6) is 0 Å². The Hall–Kier alpha value is -3.53. The maximum Gasteiger partial charge on any atom is 0.266 e. The average molecular weight is 356 g/mol. The van der Waals surface area contributed by atoms with E-state index in [0.717, 1.165) is 11.3 Å². The minimum atomic E-state index is -0.321. The molecule has 0 aliphatic carbocycles. The van der Waals surface area contributed by atoms with Gasteiger partial charge in [0, 0.05) is 5.56 Å². The quantitative estimate of drug-likeness (QED) is 0.517. The molecule has 0 saturated carbocycles. The fraction of sp³-hybridized carbons (Fsp3) is 0.0435. The van der Waals surface area contributed by atoms with Gasteiger partial charge in [-0.25, -0.2) is 9.37 Å². The number of rotatable bonds is 3. The van der Waals surface area contributed by atoms with E-state index in [0.29, 0.717) is 22.3 Å². The number of fused-ring (bicyclic) bond motifs is 1. The Bertz CT molecular complexity index is 1210. The maximum absolute atomic E-state index is 14.0. The van der Waals surface area contributed by atoms with Gasteiger partial charge in [0.05, 0.1) is 16.6 Å². The summed E-state index contributed by atoms with van der Waals surface area (Å²) in [6, 6.07) is 21.4. The standard InChI is InChI=1S/C23H17FN2O/c1-16-10-13-18(14-11-16)26-22(15-12-17-6-2-4-8-20(17)24)25-21-9-5-3-7-19(21)23(26)27/h2-15H,1H3/b15-12+. The molecule has 4 rings (SSSR count). The summed E-state index contributed by atoms with van der Waals surface area (Å²) in [7, 11) is 0. The van der Waals surface area contributed by atoms with Gasteiger partial charge in [-0.2, -0.15) is 0 Å². The molecule has 0 unspecified atom stereocenters. The smallest absolute Gasteiger partial charge is 0.266 e. The summed E-state index contributed by atoms with van der Waals surface area (Å²) in [6.45, 7) is 1.99. The average Bonchev–Trinajstić information content (AvgIpc) is 2.69. The minimum absolute atomic E-state index is 0.155. The molecular formula is C23H17FN2O. The third kappa shape index (κ3) is 3.29. The molecule has 4 heteroatoms. The predicted octanol–water partition coefficient (Wildman–Crippen LogP) is 5.00. The molecule has 0 bridgehead atoms. The van der Waals surface area contributed by atoms with Crippen LogP contribution in [0.2, 0.25) is 0 Å². The lowest BCUT2D eigenvalue weighted by atomic mass is 10.2. The lowest BCUT2D eigenvalue weighted by Crippen LogP contribution is -2.22. The van der Waals surface area contributed by atoms with Crippen molar-refractivity contribution in [1.82, 2.24) is 9.55 Å². The number of hydrogen-bond donors (Lipinski definition) is 0. The Kier molecular flexibility index (Phi) is 4.38. The molecule has 3 nitrogen and oxygen atoms in total. The normalized spacial score (nSPS) is 11.3. The number of nitrogens with zero attached hydrogens (tertiary/aromatic N) is 2. The number of benzene rings is 3. The zero-order chi connectivity index (χ0) is 18.8. The van der Waals surface area contributed by atoms with E-state index >= 15 is 0 Å². The van der Waals surface area contributed by atoms with E-state index in [1.807, 2.05) is 43.3 Å². The van der Waals surface area contributed by atoms with Gasteiger partial charge in [-0.05, 0) is 49.4 Å². The van der Waals surface area contributed by atoms with Crippen LogP contribution in [0.3, 0.4) is 0 Å². The molecule has 0 saturated heterocycles. The lowest BCUT2D eigenvalue weighted by Gasteiger charge is -2.11. The molecule has 0 spiro atoms. The first-order valence-corrected chi connectivity index (χ1v) is 8.65. The Morgan fingerprint density at radius 2 is 1.59 bits per heavy atom. The van der Waals surface area contributed by atoms with E-state index in [1.54, 1.807) is 47.1 Å². The van der Waals surface area contributed by atoms with E-state index in [9.17, 15) is 9.18 Å². The number of halogens is 1. The van der Waals surface area contributed by atoms with Crippen molar-refractivity contribution < 1.29 is 4.39 Å². The fourth-order valence-electron chi connectivity index (χ4n) is 2.98. The highest BCUT2D eigenvalue weighted by Gasteiger charge is 2.11. The number of para-hydroxylation sites is 1. The Labute approximate surface area is 156 Å². The molecule has 1 heterocycles. The third-order valence-electron chi connectivity index (χ3n) is 4.41. The molecule has 0 atom stereocenters. The van der Waals surface area contributed by atoms with Gasteiger partial charge in [0.1, 0.15) is 11.6 Å². The van der Waals surface area contributed by atoms with Crippen LogP contribution < -0.4 is 5.56 Å². The van der Waals surface area contributed by atoms with Crippen LogP contribution in [0.15, 0.2) is 77.6 Å². The van der Waals surface area contributed by atoms with Crippen molar-refractivity contribution in [2.45, 2.75) is 6.92 Å². The van der Waals surface area contributed by atoms with Crippen molar-refractivity contribution in [3.8, 4) is 5.69 Å². The molecule has 0 N–H and O–H groups in total. The summed E-state index contributed by atoms with van der Waals surface area (Å²) < 4.78 is 15.5. The molecule has 27 heavy (non-hydrogen) atoms. The number of hydrogen-bond acceptors (Lipinski definition) is 2. The van der Waals surface area contributed by atoms with Crippen molar-refractivity contribution in [3.63, 3.8) is 0 Å². The molecule has 0 fully saturated rings. The molecule has 4 aromatic rings. The summed E-state index contributed by atoms with van der Waals surface area (Å²) in [5.41, 5.74) is 2.72. The molecule has 0 aliphatic rings. The summed E-state index contributed by atoms with van der Waals surface area (Å²) in [4.78, 5) is 17.8. The van der Waals surface area contributed by atoms with E-state index in [-0.39, 0.29) is 11.4 Å². The van der Waals surface area contributed by atoms with Crippen LogP contribution in [-0.4, -0.2) is 9.55 Å². The topological polar surface area (TPSA) is 34.9 Å². The van der Waals surface area contributed by atoms with Crippen LogP contribution in [-0.2, 0) is 0 Å². The van der Waals surface area contributed by atoms with Crippen LogP contribution in [0.1, 0.15) is 17.0 Å². The second kappa shape index (κ2) is 7.00. The van der Waals surface area contributed by atoms with Gasteiger partial charge in [0.2, 0.25) is 0 Å². The Morgan fingerprint density at radius 3 is 2.37 bits per heavy atom. The predicted molar refractivity (Wildman–Crippen MR) is 107 cm³/mol. The van der Waals surface area contributed by atoms with Gasteiger partial charge < -0.3 is 0 Å². The van der Waals surface area contributed by atoms with Gasteiger partial charge in [-0.3, -0.25) is 9.36 Å². The van der Waals surface area contributed by atoms with Crippen molar-refractivity contribution in [2.24, 2.45) is 0 Å². The van der Waals surface area contributed by atoms with Gasteiger partial charge in [0.15, 0.2) is 0 Å². The molecule has 0 amide bonds. The van der Waals surface area contributed by atoms with Crippen molar-refractivity contribution >= 4 is 23.1 Å². The highest BCUT2D eigenvalue weighted by Crippen LogP contribution is 2.17. The molecule has 0 radical (unpaired) electrons. The lowest BCUT2D eigenvalue weighted by molar-refractivity contribution is 0.625. The Balaban J connectivity index is 1.95. The van der Waals surface area contributed by atoms with Crippen LogP contribution in [0.4, 0.5) is 4.39 Å². The van der Waals surface area contributed by atoms with Crippen LogP contribution in [0.25, 0.3) is 28.7 Å². The number of aryl methyl sites for hydroxylation is 1. The molecule has 1 aromatic heterocycles. The highest BCUT2D eigenvalue weighted by molar-refractivity contribution is 5.80. The van der Waals surface area contributed by atoms with Gasteiger partial charge in [-0.15, -0.1) is 0 Å². The molecular weight excluding hydrogens is 339 g/mol. The first-order valence-electron chi connectivity index (χ1n) is 8.65. The number of aromatic nitrogens is 2. The van der Waals surface area contributed by atoms with Gasteiger partial charge in [-0.1, -0.05) is 48.0 Å². The minimum Gasteiger partial charge on any atom is -0.268 e. The SMILES string of the molecule is Cc1ccc(-n2c(/C=C/c3ccccc3F)nc3ccccc3c2=O)cc1. The van der Waals surface area contributed by atoms with E-state index in [4.69, 9.17) is 0 Å². The van der Waals surface area contributed by atoms with E-state index < -0.39 is 0 Å². The summed E-state index contributed by atoms with van der Waals surface area (Å²) in [5, 5.41) is 0.543. The largest absolute Gasteiger partial charge is 0.268 e. The Morgan fingerprint density at radius 1 is 0.889 bits per heavy atom. The summed E-state index contributed by atoms with van der Waals surface area (Å²) in [5.74, 6) is 0.129. The van der Waals surface area contributed by atoms with Crippen LogP contribution in [0, 0.1) is 12.7 Å². The second-order valence-electron chi connectivity index (χ2n) is 6.32. The summed E-state index contributed by atoms with van der Waals surface area (Å²) >= 11 is 0. The zero-order valence-corrected chi connectivity index (χ0v) is 14.8. The van der Waals surface area contributed by atoms with Crippen molar-refractivity contribution in [2.75, 3.05) is 0 Å². The van der Waals surface area contributed by atoms with E-state index in [1.165, 1.54) is 6.07 Å². The highest BCUT2D eigenvalue weighted by atomic mass is 19.1.